The molecule has 1 N–H and O–H groups in total. The molecule has 34 heavy (non-hydrogen) atoms. The summed E-state index contributed by atoms with van der Waals surface area (Å²) in [6.07, 6.45) is 1.25. The number of nitrogens with zero attached hydrogens (tertiary/aromatic N) is 1. The Labute approximate surface area is 198 Å². The van der Waals surface area contributed by atoms with Crippen molar-refractivity contribution in [2.45, 2.75) is 19.5 Å². The van der Waals surface area contributed by atoms with Crippen LogP contribution in [0.3, 0.4) is 0 Å². The minimum absolute atomic E-state index is 0.240. The van der Waals surface area contributed by atoms with E-state index < -0.39 is 0 Å². The fourth-order valence-electron chi connectivity index (χ4n) is 5.43. The van der Waals surface area contributed by atoms with Crippen molar-refractivity contribution in [2.24, 2.45) is 0 Å². The summed E-state index contributed by atoms with van der Waals surface area (Å²) in [6.45, 7) is 2.23. The fourth-order valence-corrected chi connectivity index (χ4v) is 5.43. The predicted octanol–water partition coefficient (Wildman–Crippen LogP) is 8.71. The first-order valence-electron chi connectivity index (χ1n) is 11.9. The average molecular weight is 441 g/mol. The molecule has 0 amide bonds. The summed E-state index contributed by atoms with van der Waals surface area (Å²) < 4.78 is 6.31. The minimum atomic E-state index is 0.240. The van der Waals surface area contributed by atoms with Crippen LogP contribution in [0, 0.1) is 0 Å². The number of rotatable bonds is 3. The van der Waals surface area contributed by atoms with Crippen molar-refractivity contribution in [1.82, 2.24) is 0 Å². The zero-order chi connectivity index (χ0) is 22.6. The molecule has 1 aliphatic heterocycles. The first kappa shape index (κ1) is 19.2. The Morgan fingerprint density at radius 2 is 1.50 bits per heavy atom. The Morgan fingerprint density at radius 3 is 2.38 bits per heavy atom. The van der Waals surface area contributed by atoms with E-state index in [9.17, 15) is 0 Å². The summed E-state index contributed by atoms with van der Waals surface area (Å²) in [5.41, 5.74) is 7.94. The third kappa shape index (κ3) is 2.77. The molecule has 3 nitrogen and oxygen atoms in total. The third-order valence-electron chi connectivity index (χ3n) is 7.00. The molecule has 0 saturated carbocycles. The Morgan fingerprint density at radius 1 is 0.735 bits per heavy atom. The van der Waals surface area contributed by atoms with Crippen molar-refractivity contribution in [3.63, 3.8) is 0 Å². The number of hydrogen-bond donors (Lipinski definition) is 1. The van der Waals surface area contributed by atoms with Gasteiger partial charge in [0.15, 0.2) is 0 Å². The predicted molar refractivity (Wildman–Crippen MR) is 143 cm³/mol. The van der Waals surface area contributed by atoms with E-state index in [-0.39, 0.29) is 6.17 Å². The van der Waals surface area contributed by atoms with Gasteiger partial charge in [-0.1, -0.05) is 73.7 Å². The second kappa shape index (κ2) is 7.39. The molecule has 0 saturated heterocycles. The zero-order valence-electron chi connectivity index (χ0n) is 19.0. The van der Waals surface area contributed by atoms with E-state index in [2.05, 4.69) is 108 Å². The normalized spacial score (nSPS) is 15.2. The van der Waals surface area contributed by atoms with Crippen molar-refractivity contribution in [1.29, 1.82) is 0 Å². The van der Waals surface area contributed by atoms with Crippen molar-refractivity contribution in [2.75, 3.05) is 10.2 Å². The average Bonchev–Trinajstić information content (AvgIpc) is 3.47. The number of hydrogen-bond acceptors (Lipinski definition) is 3. The van der Waals surface area contributed by atoms with Crippen LogP contribution in [0.15, 0.2) is 108 Å². The van der Waals surface area contributed by atoms with Gasteiger partial charge < -0.3 is 14.6 Å². The summed E-state index contributed by atoms with van der Waals surface area (Å²) >= 11 is 0. The van der Waals surface area contributed by atoms with Gasteiger partial charge in [-0.25, -0.2) is 0 Å². The van der Waals surface area contributed by atoms with Gasteiger partial charge in [0.25, 0.3) is 0 Å². The SMILES string of the molecule is CCC1Nc2ccccc2N1c1cccc(-c2cc3c4ccccc4oc3c3ccccc23)c1. The molecule has 1 aliphatic rings. The molecule has 0 bridgehead atoms. The van der Waals surface area contributed by atoms with Gasteiger partial charge in [0.05, 0.1) is 11.4 Å². The molecule has 0 aliphatic carbocycles. The van der Waals surface area contributed by atoms with Gasteiger partial charge in [-0.2, -0.15) is 0 Å². The lowest BCUT2D eigenvalue weighted by molar-refractivity contribution is 0.672. The number of furan rings is 1. The van der Waals surface area contributed by atoms with Gasteiger partial charge in [-0.15, -0.1) is 0 Å². The lowest BCUT2D eigenvalue weighted by Gasteiger charge is -2.26. The Bertz CT molecular complexity index is 1700. The van der Waals surface area contributed by atoms with E-state index >= 15 is 0 Å². The van der Waals surface area contributed by atoms with Crippen LogP contribution in [-0.4, -0.2) is 6.17 Å². The number of nitrogens with one attached hydrogen (secondary N) is 1. The van der Waals surface area contributed by atoms with Crippen LogP contribution in [0.2, 0.25) is 0 Å². The number of benzene rings is 5. The summed E-state index contributed by atoms with van der Waals surface area (Å²) in [4.78, 5) is 2.42. The minimum Gasteiger partial charge on any atom is -0.455 e. The fraction of sp³-hybridized carbons (Fsp3) is 0.0968. The quantitative estimate of drug-likeness (QED) is 0.298. The highest BCUT2D eigenvalue weighted by Crippen LogP contribution is 2.43. The molecule has 164 valence electrons. The summed E-state index contributed by atoms with van der Waals surface area (Å²) in [5.74, 6) is 0. The molecule has 1 atom stereocenters. The number of fused-ring (bicyclic) bond motifs is 6. The summed E-state index contributed by atoms with van der Waals surface area (Å²) in [7, 11) is 0. The van der Waals surface area contributed by atoms with Gasteiger partial charge >= 0.3 is 0 Å². The maximum atomic E-state index is 6.31. The molecule has 2 heterocycles. The van der Waals surface area contributed by atoms with Gasteiger partial charge in [-0.05, 0) is 59.3 Å². The van der Waals surface area contributed by atoms with E-state index in [0.717, 1.165) is 33.7 Å². The maximum absolute atomic E-state index is 6.31. The van der Waals surface area contributed by atoms with Crippen molar-refractivity contribution in [3.8, 4) is 11.1 Å². The van der Waals surface area contributed by atoms with E-state index in [1.807, 2.05) is 12.1 Å². The molecule has 0 radical (unpaired) electrons. The first-order valence-corrected chi connectivity index (χ1v) is 11.9. The van der Waals surface area contributed by atoms with Crippen LogP contribution in [0.4, 0.5) is 17.1 Å². The highest BCUT2D eigenvalue weighted by molar-refractivity contribution is 6.19. The van der Waals surface area contributed by atoms with Crippen LogP contribution in [0.5, 0.6) is 0 Å². The monoisotopic (exact) mass is 440 g/mol. The van der Waals surface area contributed by atoms with Gasteiger partial charge in [0, 0.05) is 21.8 Å². The van der Waals surface area contributed by atoms with E-state index in [1.165, 1.54) is 33.6 Å². The van der Waals surface area contributed by atoms with Crippen LogP contribution in [-0.2, 0) is 0 Å². The Hall–Kier alpha value is -4.24. The van der Waals surface area contributed by atoms with Crippen LogP contribution >= 0.6 is 0 Å². The molecule has 7 rings (SSSR count). The highest BCUT2D eigenvalue weighted by atomic mass is 16.3. The molecule has 5 aromatic carbocycles. The van der Waals surface area contributed by atoms with Crippen LogP contribution < -0.4 is 10.2 Å². The summed E-state index contributed by atoms with van der Waals surface area (Å²) in [6, 6.07) is 36.7. The maximum Gasteiger partial charge on any atom is 0.143 e. The zero-order valence-corrected chi connectivity index (χ0v) is 19.0. The smallest absolute Gasteiger partial charge is 0.143 e. The van der Waals surface area contributed by atoms with Crippen LogP contribution in [0.25, 0.3) is 43.8 Å². The molecular formula is C31H24N2O. The van der Waals surface area contributed by atoms with E-state index in [1.54, 1.807) is 0 Å². The van der Waals surface area contributed by atoms with Gasteiger partial charge in [-0.3, -0.25) is 0 Å². The molecular weight excluding hydrogens is 416 g/mol. The molecule has 3 heteroatoms. The second-order valence-corrected chi connectivity index (χ2v) is 8.95. The molecule has 0 fully saturated rings. The molecule has 6 aromatic rings. The summed E-state index contributed by atoms with van der Waals surface area (Å²) in [5, 5.41) is 8.35. The lowest BCUT2D eigenvalue weighted by Crippen LogP contribution is -2.30. The van der Waals surface area contributed by atoms with Crippen molar-refractivity contribution in [3.05, 3.63) is 103 Å². The molecule has 0 spiro atoms. The van der Waals surface area contributed by atoms with Gasteiger partial charge in [0.1, 0.15) is 17.3 Å². The molecule has 1 aromatic heterocycles. The van der Waals surface area contributed by atoms with E-state index in [0.29, 0.717) is 0 Å². The topological polar surface area (TPSA) is 28.4 Å². The molecule has 1 unspecified atom stereocenters. The number of para-hydroxylation sites is 3. The highest BCUT2D eigenvalue weighted by Gasteiger charge is 2.28. The van der Waals surface area contributed by atoms with E-state index in [4.69, 9.17) is 4.42 Å². The Balaban J connectivity index is 1.46. The standard InChI is InChI=1S/C31H24N2O/c1-2-30-32-27-15-6-7-16-28(27)33(30)21-11-9-10-20(18-21)25-19-26-23-13-5-8-17-29(23)34-31(26)24-14-4-3-12-22(24)25/h3-19,30,32H,2H2,1H3. The lowest BCUT2D eigenvalue weighted by atomic mass is 9.95. The van der Waals surface area contributed by atoms with Crippen molar-refractivity contribution >= 4 is 49.8 Å². The van der Waals surface area contributed by atoms with Crippen LogP contribution in [0.1, 0.15) is 13.3 Å². The van der Waals surface area contributed by atoms with Crippen molar-refractivity contribution < 1.29 is 4.42 Å². The third-order valence-corrected chi connectivity index (χ3v) is 7.00. The second-order valence-electron chi connectivity index (χ2n) is 8.95. The number of anilines is 3. The largest absolute Gasteiger partial charge is 0.455 e. The Kier molecular flexibility index (Phi) is 4.18. The first-order chi connectivity index (χ1) is 16.8. The van der Waals surface area contributed by atoms with Gasteiger partial charge in [0.2, 0.25) is 0 Å².